The quantitative estimate of drug-likeness (QED) is 0.268. The van der Waals surface area contributed by atoms with E-state index < -0.39 is 24.0 Å². The molecule has 0 aromatic heterocycles. The van der Waals surface area contributed by atoms with Crippen LogP contribution in [0.3, 0.4) is 0 Å². The Balaban J connectivity index is 1.48. The molecule has 1 heterocycles. The molecule has 0 aromatic rings. The number of rotatable bonds is 6. The van der Waals surface area contributed by atoms with E-state index in [0.717, 1.165) is 51.4 Å². The Kier molecular flexibility index (Phi) is 7.94. The molecule has 43 heavy (non-hydrogen) atoms. The number of carbonyl (C=O) groups is 3. The lowest BCUT2D eigenvalue weighted by Crippen LogP contribution is -2.67. The highest BCUT2D eigenvalue weighted by molar-refractivity contribution is 5.90. The molecule has 244 valence electrons. The molecule has 8 heteroatoms. The van der Waals surface area contributed by atoms with Crippen LogP contribution in [0.4, 0.5) is 0 Å². The van der Waals surface area contributed by atoms with E-state index in [1.54, 1.807) is 0 Å². The fourth-order valence-corrected chi connectivity index (χ4v) is 11.9. The first kappa shape index (κ1) is 32.7. The van der Waals surface area contributed by atoms with E-state index in [9.17, 15) is 19.5 Å². The molecule has 1 aliphatic heterocycles. The lowest BCUT2D eigenvalue weighted by Gasteiger charge is -2.70. The van der Waals surface area contributed by atoms with Gasteiger partial charge in [0.15, 0.2) is 0 Å². The van der Waals surface area contributed by atoms with Crippen LogP contribution in [-0.2, 0) is 28.6 Å². The second-order valence-corrected chi connectivity index (χ2v) is 17.1. The van der Waals surface area contributed by atoms with Crippen LogP contribution in [-0.4, -0.2) is 57.6 Å². The summed E-state index contributed by atoms with van der Waals surface area (Å²) >= 11 is 0. The van der Waals surface area contributed by atoms with Gasteiger partial charge in [-0.1, -0.05) is 34.6 Å². The molecule has 0 bridgehead atoms. The third kappa shape index (κ3) is 5.05. The van der Waals surface area contributed by atoms with Crippen molar-refractivity contribution >= 4 is 17.9 Å². The highest BCUT2D eigenvalue weighted by Crippen LogP contribution is 2.76. The molecule has 5 unspecified atom stereocenters. The van der Waals surface area contributed by atoms with Gasteiger partial charge in [-0.2, -0.15) is 0 Å². The Labute approximate surface area is 258 Å². The average molecular weight is 605 g/mol. The van der Waals surface area contributed by atoms with Crippen molar-refractivity contribution in [3.63, 3.8) is 0 Å². The van der Waals surface area contributed by atoms with Crippen LogP contribution in [0.5, 0.6) is 0 Å². The predicted octanol–water partition coefficient (Wildman–Crippen LogP) is 6.31. The van der Waals surface area contributed by atoms with Crippen molar-refractivity contribution in [1.82, 2.24) is 0 Å². The maximum atomic E-state index is 12.6. The zero-order chi connectivity index (χ0) is 32.0. The van der Waals surface area contributed by atoms with Gasteiger partial charge in [0, 0.05) is 18.3 Å². The van der Waals surface area contributed by atoms with E-state index >= 15 is 0 Å². The zero-order valence-electron chi connectivity index (χ0n) is 28.0. The van der Waals surface area contributed by atoms with E-state index in [2.05, 4.69) is 41.5 Å². The van der Waals surface area contributed by atoms with Crippen molar-refractivity contribution in [3.05, 3.63) is 0 Å². The SMILES string of the molecule is CC(=O)OC1CC2[C@@]3(C)CC[C@@H](OC(=O)CC(=O)O)C(C)(C)C3CC[C@@]2(C)[C@]2(C)CC[C@H](C3(C)CC[C@@H](C(C)(C)O)O3)C12. The molecule has 1 saturated heterocycles. The highest BCUT2D eigenvalue weighted by Gasteiger charge is 2.72. The number of aliphatic hydroxyl groups is 1. The Hall–Kier alpha value is -1.67. The van der Waals surface area contributed by atoms with E-state index in [-0.39, 0.29) is 69.3 Å². The smallest absolute Gasteiger partial charge is 0.317 e. The minimum atomic E-state index is -1.17. The number of hydrogen-bond acceptors (Lipinski definition) is 7. The molecule has 0 aromatic carbocycles. The van der Waals surface area contributed by atoms with E-state index in [4.69, 9.17) is 19.3 Å². The minimum Gasteiger partial charge on any atom is -0.481 e. The van der Waals surface area contributed by atoms with Gasteiger partial charge in [0.05, 0.1) is 17.3 Å². The molecule has 5 rings (SSSR count). The van der Waals surface area contributed by atoms with Crippen LogP contribution in [0.1, 0.15) is 127 Å². The standard InChI is InChI=1S/C35H56O8/c1-20(36)41-22-18-24-32(6)14-12-25(42-28(39)19-27(37)38)30(2,3)23(32)11-16-33(24,7)34(8)15-10-21(29(22)34)35(9)17-13-26(43-35)31(4,5)40/h21-26,29,40H,10-19H2,1-9H3,(H,37,38)/t21-,22?,23?,24?,25+,26-,29?,32-,33+,34+,35?/m0/s1. The van der Waals surface area contributed by atoms with Gasteiger partial charge in [0.25, 0.3) is 0 Å². The molecular formula is C35H56O8. The van der Waals surface area contributed by atoms with Crippen molar-refractivity contribution in [2.45, 2.75) is 156 Å². The third-order valence-electron chi connectivity index (χ3n) is 14.1. The zero-order valence-corrected chi connectivity index (χ0v) is 28.0. The summed E-state index contributed by atoms with van der Waals surface area (Å²) in [5.74, 6) is -1.05. The molecule has 2 N–H and O–H groups in total. The molecular weight excluding hydrogens is 548 g/mol. The molecule has 4 aliphatic carbocycles. The van der Waals surface area contributed by atoms with E-state index in [1.807, 2.05) is 13.8 Å². The molecule has 5 aliphatic rings. The lowest BCUT2D eigenvalue weighted by molar-refractivity contribution is -0.254. The van der Waals surface area contributed by atoms with Crippen LogP contribution >= 0.6 is 0 Å². The van der Waals surface area contributed by atoms with Crippen molar-refractivity contribution < 1.29 is 38.8 Å². The van der Waals surface area contributed by atoms with Crippen LogP contribution < -0.4 is 0 Å². The summed E-state index contributed by atoms with van der Waals surface area (Å²) in [6.45, 7) is 19.2. The summed E-state index contributed by atoms with van der Waals surface area (Å²) < 4.78 is 18.9. The fraction of sp³-hybridized carbons (Fsp3) is 0.914. The summed E-state index contributed by atoms with van der Waals surface area (Å²) in [6, 6.07) is 0. The summed E-state index contributed by atoms with van der Waals surface area (Å²) in [6.07, 6.45) is 6.90. The molecule has 0 spiro atoms. The summed E-state index contributed by atoms with van der Waals surface area (Å²) in [4.78, 5) is 36.2. The predicted molar refractivity (Wildman–Crippen MR) is 161 cm³/mol. The molecule has 11 atom stereocenters. The van der Waals surface area contributed by atoms with Gasteiger partial charge in [0.2, 0.25) is 0 Å². The number of ether oxygens (including phenoxy) is 3. The first-order valence-corrected chi connectivity index (χ1v) is 16.7. The van der Waals surface area contributed by atoms with Crippen molar-refractivity contribution in [1.29, 1.82) is 0 Å². The van der Waals surface area contributed by atoms with Gasteiger partial charge in [-0.25, -0.2) is 0 Å². The number of fused-ring (bicyclic) bond motifs is 5. The number of hydrogen-bond donors (Lipinski definition) is 2. The van der Waals surface area contributed by atoms with Crippen LogP contribution in [0, 0.1) is 45.3 Å². The Morgan fingerprint density at radius 3 is 2.09 bits per heavy atom. The van der Waals surface area contributed by atoms with E-state index in [1.165, 1.54) is 6.92 Å². The van der Waals surface area contributed by atoms with Gasteiger partial charge in [0.1, 0.15) is 18.6 Å². The normalized spacial score (nSPS) is 47.2. The van der Waals surface area contributed by atoms with Gasteiger partial charge >= 0.3 is 17.9 Å². The molecule has 8 nitrogen and oxygen atoms in total. The average Bonchev–Trinajstić information content (AvgIpc) is 3.44. The lowest BCUT2D eigenvalue weighted by atomic mass is 9.35. The number of carboxylic acids is 1. The topological polar surface area (TPSA) is 119 Å². The third-order valence-corrected chi connectivity index (χ3v) is 14.1. The van der Waals surface area contributed by atoms with Crippen LogP contribution in [0.25, 0.3) is 0 Å². The molecule has 0 radical (unpaired) electrons. The van der Waals surface area contributed by atoms with Crippen molar-refractivity contribution in [2.24, 2.45) is 45.3 Å². The molecule has 4 saturated carbocycles. The van der Waals surface area contributed by atoms with E-state index in [0.29, 0.717) is 12.3 Å². The minimum absolute atomic E-state index is 0.0296. The highest BCUT2D eigenvalue weighted by atomic mass is 16.6. The Morgan fingerprint density at radius 1 is 0.860 bits per heavy atom. The van der Waals surface area contributed by atoms with Gasteiger partial charge in [-0.3, -0.25) is 14.4 Å². The van der Waals surface area contributed by atoms with Crippen molar-refractivity contribution in [3.8, 4) is 0 Å². The maximum Gasteiger partial charge on any atom is 0.317 e. The van der Waals surface area contributed by atoms with Gasteiger partial charge in [-0.15, -0.1) is 0 Å². The Bertz CT molecular complexity index is 1140. The summed E-state index contributed by atoms with van der Waals surface area (Å²) in [5, 5.41) is 19.9. The first-order valence-electron chi connectivity index (χ1n) is 16.7. The largest absolute Gasteiger partial charge is 0.481 e. The van der Waals surface area contributed by atoms with Crippen LogP contribution in [0.2, 0.25) is 0 Å². The van der Waals surface area contributed by atoms with Crippen molar-refractivity contribution in [2.75, 3.05) is 0 Å². The first-order chi connectivity index (χ1) is 19.7. The molecule has 5 fully saturated rings. The monoisotopic (exact) mass is 604 g/mol. The van der Waals surface area contributed by atoms with Gasteiger partial charge < -0.3 is 24.4 Å². The second-order valence-electron chi connectivity index (χ2n) is 17.1. The Morgan fingerprint density at radius 2 is 1.51 bits per heavy atom. The summed E-state index contributed by atoms with van der Waals surface area (Å²) in [7, 11) is 0. The number of carbonyl (C=O) groups excluding carboxylic acids is 2. The number of aliphatic carboxylic acids is 1. The molecule has 0 amide bonds. The number of carboxylic acid groups (broad SMARTS) is 1. The van der Waals surface area contributed by atoms with Crippen LogP contribution in [0.15, 0.2) is 0 Å². The maximum absolute atomic E-state index is 12.6. The summed E-state index contributed by atoms with van der Waals surface area (Å²) in [5.41, 5.74) is -1.66. The number of esters is 2. The van der Waals surface area contributed by atoms with Gasteiger partial charge in [-0.05, 0) is 113 Å². The fourth-order valence-electron chi connectivity index (χ4n) is 11.9. The second kappa shape index (κ2) is 10.4.